The number of carbonyl (C=O) groups excluding carboxylic acids is 1. The van der Waals surface area contributed by atoms with E-state index in [4.69, 9.17) is 11.5 Å². The van der Waals surface area contributed by atoms with Crippen LogP contribution in [0.25, 0.3) is 0 Å². The van der Waals surface area contributed by atoms with Crippen molar-refractivity contribution >= 4 is 5.91 Å². The second kappa shape index (κ2) is 3.38. The van der Waals surface area contributed by atoms with E-state index in [0.717, 1.165) is 13.1 Å². The van der Waals surface area contributed by atoms with Crippen LogP contribution in [0, 0.1) is 0 Å². The van der Waals surface area contributed by atoms with Gasteiger partial charge in [-0.15, -0.1) is 0 Å². The van der Waals surface area contributed by atoms with Crippen LogP contribution in [0.5, 0.6) is 0 Å². The zero-order valence-corrected chi connectivity index (χ0v) is 6.92. The molecular formula is C7H15N3O2. The van der Waals surface area contributed by atoms with Gasteiger partial charge in [0, 0.05) is 0 Å². The quantitative estimate of drug-likeness (QED) is 0.384. The van der Waals surface area contributed by atoms with Gasteiger partial charge in [-0.2, -0.15) is 0 Å². The zero-order valence-electron chi connectivity index (χ0n) is 6.92. The first-order valence-corrected chi connectivity index (χ1v) is 4.03. The Labute approximate surface area is 71.1 Å². The number of nitrogens with two attached hydrogens (primary N) is 2. The molecule has 0 aromatic heterocycles. The average Bonchev–Trinajstić information content (AvgIpc) is 2.04. The van der Waals surface area contributed by atoms with Crippen LogP contribution in [0.15, 0.2) is 0 Å². The Balaban J connectivity index is 2.62. The van der Waals surface area contributed by atoms with Crippen molar-refractivity contribution in [3.8, 4) is 0 Å². The number of aliphatic hydroxyl groups is 1. The van der Waals surface area contributed by atoms with Gasteiger partial charge in [0.25, 0.3) is 0 Å². The Morgan fingerprint density at radius 3 is 2.42 bits per heavy atom. The molecule has 5 heteroatoms. The summed E-state index contributed by atoms with van der Waals surface area (Å²) in [4.78, 5) is 10.7. The highest BCUT2D eigenvalue weighted by Gasteiger charge is 2.38. The lowest BCUT2D eigenvalue weighted by Gasteiger charge is -2.36. The Bertz CT molecular complexity index is 177. The van der Waals surface area contributed by atoms with Crippen molar-refractivity contribution in [2.75, 3.05) is 13.1 Å². The predicted molar refractivity (Wildman–Crippen MR) is 44.2 cm³/mol. The molecule has 0 saturated carbocycles. The normalized spacial score (nSPS) is 24.8. The average molecular weight is 173 g/mol. The highest BCUT2D eigenvalue weighted by atomic mass is 16.3. The van der Waals surface area contributed by atoms with E-state index in [-0.39, 0.29) is 0 Å². The number of rotatable bonds is 2. The van der Waals surface area contributed by atoms with E-state index >= 15 is 0 Å². The molecule has 0 bridgehead atoms. The van der Waals surface area contributed by atoms with Crippen LogP contribution in [0.2, 0.25) is 0 Å². The molecule has 1 atom stereocenters. The van der Waals surface area contributed by atoms with Crippen molar-refractivity contribution in [3.05, 3.63) is 0 Å². The monoisotopic (exact) mass is 173 g/mol. The molecular weight excluding hydrogens is 158 g/mol. The van der Waals surface area contributed by atoms with Gasteiger partial charge in [-0.05, 0) is 25.9 Å². The molecule has 12 heavy (non-hydrogen) atoms. The van der Waals surface area contributed by atoms with E-state index in [1.807, 2.05) is 0 Å². The maximum absolute atomic E-state index is 10.7. The first-order valence-electron chi connectivity index (χ1n) is 4.03. The van der Waals surface area contributed by atoms with E-state index < -0.39 is 17.6 Å². The minimum Gasteiger partial charge on any atom is -0.381 e. The molecule has 0 spiro atoms. The molecule has 1 fully saturated rings. The summed E-state index contributed by atoms with van der Waals surface area (Å²) in [6.45, 7) is 1.45. The van der Waals surface area contributed by atoms with Gasteiger partial charge in [-0.1, -0.05) is 0 Å². The van der Waals surface area contributed by atoms with Gasteiger partial charge in [0.2, 0.25) is 5.91 Å². The molecule has 1 aliphatic rings. The lowest BCUT2D eigenvalue weighted by molar-refractivity contribution is -0.130. The number of carbonyl (C=O) groups is 1. The first-order chi connectivity index (χ1) is 5.56. The summed E-state index contributed by atoms with van der Waals surface area (Å²) in [5.41, 5.74) is 9.95. The first kappa shape index (κ1) is 9.44. The fraction of sp³-hybridized carbons (Fsp3) is 0.857. The minimum atomic E-state index is -1.22. The SMILES string of the molecule is NC(=O)C(O)C1(N)CCNCC1. The Morgan fingerprint density at radius 2 is 2.00 bits per heavy atom. The van der Waals surface area contributed by atoms with Gasteiger partial charge < -0.3 is 21.9 Å². The molecule has 1 aliphatic heterocycles. The molecule has 0 radical (unpaired) electrons. The molecule has 1 unspecified atom stereocenters. The summed E-state index contributed by atoms with van der Waals surface area (Å²) in [5, 5.41) is 12.5. The van der Waals surface area contributed by atoms with E-state index in [1.165, 1.54) is 0 Å². The molecule has 5 nitrogen and oxygen atoms in total. The van der Waals surface area contributed by atoms with Crippen LogP contribution in [0.1, 0.15) is 12.8 Å². The van der Waals surface area contributed by atoms with Crippen molar-refractivity contribution in [1.29, 1.82) is 0 Å². The van der Waals surface area contributed by atoms with Crippen LogP contribution in [-0.2, 0) is 4.79 Å². The highest BCUT2D eigenvalue weighted by Crippen LogP contribution is 2.18. The molecule has 1 heterocycles. The largest absolute Gasteiger partial charge is 0.381 e. The molecule has 0 aliphatic carbocycles. The molecule has 0 aromatic carbocycles. The third-order valence-corrected chi connectivity index (χ3v) is 2.35. The lowest BCUT2D eigenvalue weighted by Crippen LogP contribution is -2.60. The lowest BCUT2D eigenvalue weighted by atomic mass is 9.84. The molecule has 70 valence electrons. The van der Waals surface area contributed by atoms with Crippen molar-refractivity contribution in [2.24, 2.45) is 11.5 Å². The minimum absolute atomic E-state index is 0.580. The van der Waals surface area contributed by atoms with Gasteiger partial charge in [0.15, 0.2) is 0 Å². The Hall–Kier alpha value is -0.650. The van der Waals surface area contributed by atoms with Crippen molar-refractivity contribution in [3.63, 3.8) is 0 Å². The number of aliphatic hydroxyl groups excluding tert-OH is 1. The third kappa shape index (κ3) is 1.74. The van der Waals surface area contributed by atoms with Gasteiger partial charge in [0.1, 0.15) is 6.10 Å². The van der Waals surface area contributed by atoms with Crippen molar-refractivity contribution in [2.45, 2.75) is 24.5 Å². The standard InChI is InChI=1S/C7H15N3O2/c8-6(12)5(11)7(9)1-3-10-4-2-7/h5,10-11H,1-4,9H2,(H2,8,12). The Morgan fingerprint density at radius 1 is 1.50 bits per heavy atom. The number of nitrogens with one attached hydrogen (secondary N) is 1. The van der Waals surface area contributed by atoms with E-state index in [1.54, 1.807) is 0 Å². The molecule has 1 amide bonds. The highest BCUT2D eigenvalue weighted by molar-refractivity contribution is 5.80. The van der Waals surface area contributed by atoms with E-state index in [9.17, 15) is 9.90 Å². The second-order valence-corrected chi connectivity index (χ2v) is 3.29. The van der Waals surface area contributed by atoms with Crippen molar-refractivity contribution < 1.29 is 9.90 Å². The smallest absolute Gasteiger partial charge is 0.248 e. The van der Waals surface area contributed by atoms with Crippen LogP contribution < -0.4 is 16.8 Å². The van der Waals surface area contributed by atoms with E-state index in [2.05, 4.69) is 5.32 Å². The number of piperidine rings is 1. The van der Waals surface area contributed by atoms with Gasteiger partial charge >= 0.3 is 0 Å². The number of primary amides is 1. The summed E-state index contributed by atoms with van der Waals surface area (Å²) in [7, 11) is 0. The van der Waals surface area contributed by atoms with Crippen LogP contribution >= 0.6 is 0 Å². The Kier molecular flexibility index (Phi) is 2.66. The van der Waals surface area contributed by atoms with Crippen LogP contribution in [0.3, 0.4) is 0 Å². The molecule has 1 rings (SSSR count). The van der Waals surface area contributed by atoms with Crippen LogP contribution in [0.4, 0.5) is 0 Å². The molecule has 1 saturated heterocycles. The molecule has 0 aromatic rings. The molecule has 6 N–H and O–H groups in total. The number of amides is 1. The predicted octanol–water partition coefficient (Wildman–Crippen LogP) is -2.09. The third-order valence-electron chi connectivity index (χ3n) is 2.35. The summed E-state index contributed by atoms with van der Waals surface area (Å²) in [6, 6.07) is 0. The summed E-state index contributed by atoms with van der Waals surface area (Å²) < 4.78 is 0. The number of hydrogen-bond acceptors (Lipinski definition) is 4. The second-order valence-electron chi connectivity index (χ2n) is 3.29. The maximum Gasteiger partial charge on any atom is 0.248 e. The van der Waals surface area contributed by atoms with Gasteiger partial charge in [-0.25, -0.2) is 0 Å². The topological polar surface area (TPSA) is 101 Å². The van der Waals surface area contributed by atoms with Gasteiger partial charge in [-0.3, -0.25) is 4.79 Å². The van der Waals surface area contributed by atoms with Crippen LogP contribution in [-0.4, -0.2) is 35.7 Å². The summed E-state index contributed by atoms with van der Waals surface area (Å²) in [5.74, 6) is -0.737. The maximum atomic E-state index is 10.7. The van der Waals surface area contributed by atoms with Gasteiger partial charge in [0.05, 0.1) is 5.54 Å². The van der Waals surface area contributed by atoms with Crippen molar-refractivity contribution in [1.82, 2.24) is 5.32 Å². The fourth-order valence-electron chi connectivity index (χ4n) is 1.45. The van der Waals surface area contributed by atoms with E-state index in [0.29, 0.717) is 12.8 Å². The summed E-state index contributed by atoms with van der Waals surface area (Å²) >= 11 is 0. The number of hydrogen-bond donors (Lipinski definition) is 4. The zero-order chi connectivity index (χ0) is 9.19. The summed E-state index contributed by atoms with van der Waals surface area (Å²) in [6.07, 6.45) is -0.0617. The fourth-order valence-corrected chi connectivity index (χ4v) is 1.45.